The van der Waals surface area contributed by atoms with Crippen LogP contribution in [0, 0.1) is 5.92 Å². The molecule has 94 valence electrons. The minimum atomic E-state index is -1.04. The summed E-state index contributed by atoms with van der Waals surface area (Å²) in [5.74, 6) is 0.0306. The third-order valence-electron chi connectivity index (χ3n) is 3.01. The monoisotopic (exact) mass is 256 g/mol. The fraction of sp³-hybridized carbons (Fsp3) is 0.500. The van der Waals surface area contributed by atoms with Gasteiger partial charge in [0.15, 0.2) is 0 Å². The molecule has 0 aliphatic rings. The molecule has 5 heteroatoms. The molecule has 1 heterocycles. The largest absolute Gasteiger partial charge is 0.478 e. The van der Waals surface area contributed by atoms with Gasteiger partial charge in [0.1, 0.15) is 5.82 Å². The third-order valence-corrected chi connectivity index (χ3v) is 3.31. The number of carbonyl (C=O) groups is 1. The van der Waals surface area contributed by atoms with Gasteiger partial charge < -0.3 is 10.0 Å². The molecule has 0 spiro atoms. The number of carboxylic acids is 1. The predicted octanol–water partition coefficient (Wildman–Crippen LogP) is 2.91. The lowest BCUT2D eigenvalue weighted by Gasteiger charge is -2.29. The quantitative estimate of drug-likeness (QED) is 0.900. The zero-order valence-electron chi connectivity index (χ0n) is 10.4. The molecular weight excluding hydrogens is 240 g/mol. The second-order valence-electron chi connectivity index (χ2n) is 4.42. The molecule has 0 aromatic carbocycles. The van der Waals surface area contributed by atoms with Gasteiger partial charge in [-0.05, 0) is 18.9 Å². The minimum Gasteiger partial charge on any atom is -0.478 e. The molecule has 0 radical (unpaired) electrons. The first kappa shape index (κ1) is 13.8. The van der Waals surface area contributed by atoms with E-state index in [0.717, 1.165) is 0 Å². The lowest BCUT2D eigenvalue weighted by atomic mass is 10.1. The average molecular weight is 257 g/mol. The number of hydrogen-bond acceptors (Lipinski definition) is 3. The topological polar surface area (TPSA) is 53.4 Å². The summed E-state index contributed by atoms with van der Waals surface area (Å²) in [4.78, 5) is 17.1. The van der Waals surface area contributed by atoms with E-state index in [0.29, 0.717) is 11.7 Å². The van der Waals surface area contributed by atoms with Crippen LogP contribution < -0.4 is 4.90 Å². The molecule has 4 nitrogen and oxygen atoms in total. The zero-order chi connectivity index (χ0) is 13.2. The van der Waals surface area contributed by atoms with Crippen molar-refractivity contribution < 1.29 is 9.90 Å². The summed E-state index contributed by atoms with van der Waals surface area (Å²) in [6, 6.07) is 1.77. The molecule has 1 aromatic rings. The van der Waals surface area contributed by atoms with Gasteiger partial charge in [0, 0.05) is 19.3 Å². The van der Waals surface area contributed by atoms with Crippen LogP contribution in [-0.2, 0) is 0 Å². The highest BCUT2D eigenvalue weighted by atomic mass is 35.5. The smallest absolute Gasteiger partial charge is 0.337 e. The maximum atomic E-state index is 11.0. The van der Waals surface area contributed by atoms with E-state index >= 15 is 0 Å². The van der Waals surface area contributed by atoms with E-state index in [2.05, 4.69) is 25.8 Å². The second kappa shape index (κ2) is 5.36. The third kappa shape index (κ3) is 3.09. The van der Waals surface area contributed by atoms with Gasteiger partial charge in [0.25, 0.3) is 0 Å². The Morgan fingerprint density at radius 2 is 2.06 bits per heavy atom. The van der Waals surface area contributed by atoms with Gasteiger partial charge in [-0.15, -0.1) is 0 Å². The molecule has 1 aromatic heterocycles. The zero-order valence-corrected chi connectivity index (χ0v) is 11.2. The minimum absolute atomic E-state index is 0.0828. The van der Waals surface area contributed by atoms with Gasteiger partial charge >= 0.3 is 5.97 Å². The molecule has 1 N–H and O–H groups in total. The van der Waals surface area contributed by atoms with Crippen LogP contribution in [-0.4, -0.2) is 29.1 Å². The van der Waals surface area contributed by atoms with Crippen molar-refractivity contribution in [1.29, 1.82) is 0 Å². The molecule has 1 unspecified atom stereocenters. The van der Waals surface area contributed by atoms with E-state index < -0.39 is 5.97 Å². The SMILES string of the molecule is CC(C)C(C)N(C)c1cc(C(=O)O)c(Cl)cn1. The van der Waals surface area contributed by atoms with E-state index in [-0.39, 0.29) is 16.6 Å². The highest BCUT2D eigenvalue weighted by Crippen LogP contribution is 2.22. The first-order chi connectivity index (χ1) is 7.84. The van der Waals surface area contributed by atoms with E-state index in [4.69, 9.17) is 16.7 Å². The van der Waals surface area contributed by atoms with Crippen molar-refractivity contribution in [2.75, 3.05) is 11.9 Å². The van der Waals surface area contributed by atoms with Gasteiger partial charge in [-0.3, -0.25) is 0 Å². The normalized spacial score (nSPS) is 12.6. The Balaban J connectivity index is 3.07. The van der Waals surface area contributed by atoms with E-state index in [1.807, 2.05) is 11.9 Å². The molecule has 0 amide bonds. The molecular formula is C12H17ClN2O2. The van der Waals surface area contributed by atoms with Gasteiger partial charge in [0.2, 0.25) is 0 Å². The highest BCUT2D eigenvalue weighted by Gasteiger charge is 2.17. The molecule has 0 aliphatic heterocycles. The number of pyridine rings is 1. The number of hydrogen-bond donors (Lipinski definition) is 1. The van der Waals surface area contributed by atoms with Crippen LogP contribution in [0.1, 0.15) is 31.1 Å². The van der Waals surface area contributed by atoms with Crippen LogP contribution in [0.25, 0.3) is 0 Å². The second-order valence-corrected chi connectivity index (χ2v) is 4.83. The van der Waals surface area contributed by atoms with Crippen molar-refractivity contribution in [3.8, 4) is 0 Å². The Morgan fingerprint density at radius 3 is 2.53 bits per heavy atom. The van der Waals surface area contributed by atoms with Gasteiger partial charge in [-0.1, -0.05) is 25.4 Å². The molecule has 0 saturated carbocycles. The summed E-state index contributed by atoms with van der Waals surface area (Å²) in [7, 11) is 1.90. The van der Waals surface area contributed by atoms with Crippen LogP contribution >= 0.6 is 11.6 Å². The number of carboxylic acid groups (broad SMARTS) is 1. The number of halogens is 1. The lowest BCUT2D eigenvalue weighted by molar-refractivity contribution is 0.0697. The van der Waals surface area contributed by atoms with Crippen LogP contribution in [0.3, 0.4) is 0 Å². The van der Waals surface area contributed by atoms with Crippen molar-refractivity contribution in [2.45, 2.75) is 26.8 Å². The first-order valence-electron chi connectivity index (χ1n) is 5.46. The Morgan fingerprint density at radius 1 is 1.47 bits per heavy atom. The molecule has 0 saturated heterocycles. The van der Waals surface area contributed by atoms with E-state index in [1.54, 1.807) is 0 Å². The Bertz CT molecular complexity index is 421. The summed E-state index contributed by atoms with van der Waals surface area (Å²) < 4.78 is 0. The van der Waals surface area contributed by atoms with Crippen LogP contribution in [0.2, 0.25) is 5.02 Å². The van der Waals surface area contributed by atoms with Gasteiger partial charge in [0.05, 0.1) is 10.6 Å². The number of aromatic carboxylic acids is 1. The van der Waals surface area contributed by atoms with Gasteiger partial charge in [-0.2, -0.15) is 0 Å². The summed E-state index contributed by atoms with van der Waals surface area (Å²) in [5, 5.41) is 9.15. The maximum Gasteiger partial charge on any atom is 0.337 e. The van der Waals surface area contributed by atoms with Crippen LogP contribution in [0.5, 0.6) is 0 Å². The van der Waals surface area contributed by atoms with E-state index in [1.165, 1.54) is 12.3 Å². The first-order valence-corrected chi connectivity index (χ1v) is 5.84. The number of nitrogens with zero attached hydrogens (tertiary/aromatic N) is 2. The van der Waals surface area contributed by atoms with Crippen molar-refractivity contribution >= 4 is 23.4 Å². The maximum absolute atomic E-state index is 11.0. The molecule has 0 aliphatic carbocycles. The number of rotatable bonds is 4. The molecule has 0 fully saturated rings. The lowest BCUT2D eigenvalue weighted by Crippen LogP contribution is -2.33. The molecule has 1 atom stereocenters. The van der Waals surface area contributed by atoms with Crippen LogP contribution in [0.4, 0.5) is 5.82 Å². The van der Waals surface area contributed by atoms with E-state index in [9.17, 15) is 4.79 Å². The number of anilines is 1. The van der Waals surface area contributed by atoms with Crippen molar-refractivity contribution in [1.82, 2.24) is 4.98 Å². The molecule has 17 heavy (non-hydrogen) atoms. The Kier molecular flexibility index (Phi) is 4.34. The highest BCUT2D eigenvalue weighted by molar-refractivity contribution is 6.33. The Hall–Kier alpha value is -1.29. The summed E-state index contributed by atoms with van der Waals surface area (Å²) in [5.41, 5.74) is 0.0828. The number of aromatic nitrogens is 1. The standard InChI is InChI=1S/C12H17ClN2O2/c1-7(2)8(3)15(4)11-5-9(12(16)17)10(13)6-14-11/h5-8H,1-4H3,(H,16,17). The summed E-state index contributed by atoms with van der Waals surface area (Å²) in [6.07, 6.45) is 1.38. The molecule has 0 bridgehead atoms. The predicted molar refractivity (Wildman–Crippen MR) is 68.9 cm³/mol. The Labute approximate surface area is 106 Å². The summed E-state index contributed by atoms with van der Waals surface area (Å²) in [6.45, 7) is 6.28. The van der Waals surface area contributed by atoms with Crippen molar-refractivity contribution in [3.63, 3.8) is 0 Å². The van der Waals surface area contributed by atoms with Crippen molar-refractivity contribution in [2.24, 2.45) is 5.92 Å². The fourth-order valence-corrected chi connectivity index (χ4v) is 1.62. The summed E-state index contributed by atoms with van der Waals surface area (Å²) >= 11 is 5.78. The fourth-order valence-electron chi connectivity index (χ4n) is 1.44. The molecule has 1 rings (SSSR count). The van der Waals surface area contributed by atoms with Crippen molar-refractivity contribution in [3.05, 3.63) is 22.8 Å². The average Bonchev–Trinajstić information content (AvgIpc) is 2.27. The van der Waals surface area contributed by atoms with Gasteiger partial charge in [-0.25, -0.2) is 9.78 Å². The van der Waals surface area contributed by atoms with Crippen LogP contribution in [0.15, 0.2) is 12.3 Å².